The second-order valence-electron chi connectivity index (χ2n) is 3.98. The fourth-order valence-corrected chi connectivity index (χ4v) is 1.93. The summed E-state index contributed by atoms with van der Waals surface area (Å²) in [6.07, 6.45) is 6.49. The van der Waals surface area contributed by atoms with Crippen molar-refractivity contribution in [2.24, 2.45) is 12.9 Å². The Bertz CT molecular complexity index is 472. The van der Waals surface area contributed by atoms with Gasteiger partial charge in [0, 0.05) is 32.2 Å². The second kappa shape index (κ2) is 5.11. The molecule has 0 radical (unpaired) electrons. The minimum atomic E-state index is -0.135. The molecular formula is C11H18N6. The van der Waals surface area contributed by atoms with Crippen molar-refractivity contribution >= 4 is 0 Å². The number of rotatable bonds is 5. The Morgan fingerprint density at radius 1 is 1.47 bits per heavy atom. The molecule has 6 heteroatoms. The minimum Gasteiger partial charge on any atom is -0.336 e. The van der Waals surface area contributed by atoms with E-state index < -0.39 is 0 Å². The molecule has 0 bridgehead atoms. The van der Waals surface area contributed by atoms with Gasteiger partial charge in [-0.1, -0.05) is 6.92 Å². The number of hydrazine groups is 1. The molecule has 2 rings (SSSR count). The molecule has 0 aromatic carbocycles. The lowest BCUT2D eigenvalue weighted by molar-refractivity contribution is 0.499. The molecule has 2 aromatic rings. The molecule has 6 nitrogen and oxygen atoms in total. The Kier molecular flexibility index (Phi) is 3.55. The van der Waals surface area contributed by atoms with Crippen LogP contribution in [0.2, 0.25) is 0 Å². The van der Waals surface area contributed by atoms with Gasteiger partial charge >= 0.3 is 0 Å². The van der Waals surface area contributed by atoms with Crippen LogP contribution in [0.3, 0.4) is 0 Å². The summed E-state index contributed by atoms with van der Waals surface area (Å²) in [6, 6.07) is 1.83. The second-order valence-corrected chi connectivity index (χ2v) is 3.98. The summed E-state index contributed by atoms with van der Waals surface area (Å²) in [4.78, 5) is 4.32. The molecule has 0 aliphatic carbocycles. The third-order valence-corrected chi connectivity index (χ3v) is 2.76. The number of aryl methyl sites for hydroxylation is 2. The largest absolute Gasteiger partial charge is 0.336 e. The van der Waals surface area contributed by atoms with Gasteiger partial charge in [0.25, 0.3) is 0 Å². The van der Waals surface area contributed by atoms with E-state index in [2.05, 4.69) is 22.4 Å². The summed E-state index contributed by atoms with van der Waals surface area (Å²) in [5, 5.41) is 4.30. The Hall–Kier alpha value is -1.66. The van der Waals surface area contributed by atoms with Crippen molar-refractivity contribution in [1.82, 2.24) is 24.8 Å². The van der Waals surface area contributed by atoms with Crippen LogP contribution >= 0.6 is 0 Å². The van der Waals surface area contributed by atoms with Gasteiger partial charge in [0.15, 0.2) is 0 Å². The zero-order valence-corrected chi connectivity index (χ0v) is 10.2. The van der Waals surface area contributed by atoms with Crippen LogP contribution in [0.25, 0.3) is 0 Å². The summed E-state index contributed by atoms with van der Waals surface area (Å²) in [5.74, 6) is 6.52. The van der Waals surface area contributed by atoms with E-state index in [1.165, 1.54) is 0 Å². The van der Waals surface area contributed by atoms with Crippen molar-refractivity contribution in [3.05, 3.63) is 36.2 Å². The minimum absolute atomic E-state index is 0.135. The lowest BCUT2D eigenvalue weighted by Crippen LogP contribution is -2.32. The normalized spacial score (nSPS) is 12.9. The highest BCUT2D eigenvalue weighted by Crippen LogP contribution is 2.19. The smallest absolute Gasteiger partial charge is 0.133 e. The van der Waals surface area contributed by atoms with E-state index in [9.17, 15) is 0 Å². The first-order chi connectivity index (χ1) is 8.27. The van der Waals surface area contributed by atoms with E-state index >= 15 is 0 Å². The Morgan fingerprint density at radius 2 is 2.29 bits per heavy atom. The molecule has 0 spiro atoms. The molecule has 2 heterocycles. The number of nitrogens with zero attached hydrogens (tertiary/aromatic N) is 4. The summed E-state index contributed by atoms with van der Waals surface area (Å²) >= 11 is 0. The number of aromatic nitrogens is 4. The van der Waals surface area contributed by atoms with E-state index in [1.54, 1.807) is 12.4 Å². The molecule has 17 heavy (non-hydrogen) atoms. The van der Waals surface area contributed by atoms with Crippen LogP contribution in [0.15, 0.2) is 24.7 Å². The van der Waals surface area contributed by atoms with Crippen LogP contribution in [0.1, 0.15) is 30.9 Å². The first-order valence-electron chi connectivity index (χ1n) is 5.73. The monoisotopic (exact) mass is 234 g/mol. The Morgan fingerprint density at radius 3 is 2.88 bits per heavy atom. The summed E-state index contributed by atoms with van der Waals surface area (Å²) in [7, 11) is 1.95. The molecule has 0 amide bonds. The maximum atomic E-state index is 5.64. The molecule has 2 aromatic heterocycles. The molecule has 92 valence electrons. The van der Waals surface area contributed by atoms with Crippen LogP contribution in [-0.2, 0) is 13.6 Å². The van der Waals surface area contributed by atoms with Crippen LogP contribution in [0.5, 0.6) is 0 Å². The van der Waals surface area contributed by atoms with Gasteiger partial charge in [0.05, 0.1) is 5.69 Å². The maximum Gasteiger partial charge on any atom is 0.133 e. The molecule has 0 saturated carbocycles. The molecule has 1 atom stereocenters. The molecule has 3 N–H and O–H groups in total. The third-order valence-electron chi connectivity index (χ3n) is 2.76. The number of hydrogen-bond donors (Lipinski definition) is 2. The van der Waals surface area contributed by atoms with Gasteiger partial charge in [0.2, 0.25) is 0 Å². The summed E-state index contributed by atoms with van der Waals surface area (Å²) < 4.78 is 3.91. The third kappa shape index (κ3) is 2.22. The van der Waals surface area contributed by atoms with Crippen molar-refractivity contribution in [3.63, 3.8) is 0 Å². The first-order valence-corrected chi connectivity index (χ1v) is 5.73. The summed E-state index contributed by atoms with van der Waals surface area (Å²) in [5.41, 5.74) is 3.83. The van der Waals surface area contributed by atoms with Crippen molar-refractivity contribution in [1.29, 1.82) is 0 Å². The average molecular weight is 234 g/mol. The van der Waals surface area contributed by atoms with Gasteiger partial charge < -0.3 is 4.57 Å². The SMILES string of the molecule is CCCn1nccc1C(NN)c1nccn1C. The molecule has 1 unspecified atom stereocenters. The number of hydrogen-bond acceptors (Lipinski definition) is 4. The fraction of sp³-hybridized carbons (Fsp3) is 0.455. The van der Waals surface area contributed by atoms with Crippen molar-refractivity contribution in [2.75, 3.05) is 0 Å². The number of nitrogens with two attached hydrogens (primary N) is 1. The predicted octanol–water partition coefficient (Wildman–Crippen LogP) is 0.579. The Balaban J connectivity index is 2.35. The molecule has 0 aliphatic heterocycles. The van der Waals surface area contributed by atoms with Gasteiger partial charge in [0.1, 0.15) is 11.9 Å². The zero-order valence-electron chi connectivity index (χ0n) is 10.2. The highest BCUT2D eigenvalue weighted by atomic mass is 15.3. The molecule has 0 fully saturated rings. The van der Waals surface area contributed by atoms with Gasteiger partial charge in [-0.3, -0.25) is 10.5 Å². The summed E-state index contributed by atoms with van der Waals surface area (Å²) in [6.45, 7) is 3.00. The standard InChI is InChI=1S/C11H18N6/c1-3-7-17-9(4-5-14-17)10(15-12)11-13-6-8-16(11)2/h4-6,8,10,15H,3,7,12H2,1-2H3. The fourth-order valence-electron chi connectivity index (χ4n) is 1.93. The van der Waals surface area contributed by atoms with Crippen molar-refractivity contribution in [2.45, 2.75) is 25.9 Å². The van der Waals surface area contributed by atoms with Gasteiger partial charge in [-0.25, -0.2) is 10.4 Å². The Labute approximate surface area is 100 Å². The van der Waals surface area contributed by atoms with Crippen LogP contribution in [-0.4, -0.2) is 19.3 Å². The predicted molar refractivity (Wildman–Crippen MR) is 64.9 cm³/mol. The van der Waals surface area contributed by atoms with Crippen molar-refractivity contribution < 1.29 is 0 Å². The van der Waals surface area contributed by atoms with Crippen LogP contribution < -0.4 is 11.3 Å². The average Bonchev–Trinajstić information content (AvgIpc) is 2.92. The first kappa shape index (κ1) is 11.8. The molecular weight excluding hydrogens is 216 g/mol. The lowest BCUT2D eigenvalue weighted by atomic mass is 10.2. The van der Waals surface area contributed by atoms with E-state index in [0.29, 0.717) is 0 Å². The van der Waals surface area contributed by atoms with Crippen molar-refractivity contribution in [3.8, 4) is 0 Å². The van der Waals surface area contributed by atoms with E-state index in [1.807, 2.05) is 28.6 Å². The molecule has 0 saturated heterocycles. The topological polar surface area (TPSA) is 73.7 Å². The number of nitrogens with one attached hydrogen (secondary N) is 1. The van der Waals surface area contributed by atoms with E-state index in [4.69, 9.17) is 5.84 Å². The zero-order chi connectivity index (χ0) is 12.3. The van der Waals surface area contributed by atoms with E-state index in [0.717, 1.165) is 24.5 Å². The maximum absolute atomic E-state index is 5.64. The van der Waals surface area contributed by atoms with Gasteiger partial charge in [-0.2, -0.15) is 5.10 Å². The van der Waals surface area contributed by atoms with Gasteiger partial charge in [-0.05, 0) is 12.5 Å². The molecule has 0 aliphatic rings. The van der Waals surface area contributed by atoms with Crippen LogP contribution in [0.4, 0.5) is 0 Å². The van der Waals surface area contributed by atoms with Gasteiger partial charge in [-0.15, -0.1) is 0 Å². The highest BCUT2D eigenvalue weighted by Gasteiger charge is 2.20. The highest BCUT2D eigenvalue weighted by molar-refractivity contribution is 5.17. The van der Waals surface area contributed by atoms with Crippen LogP contribution in [0, 0.1) is 0 Å². The lowest BCUT2D eigenvalue weighted by Gasteiger charge is -2.17. The number of imidazole rings is 1. The van der Waals surface area contributed by atoms with E-state index in [-0.39, 0.29) is 6.04 Å². The quantitative estimate of drug-likeness (QED) is 0.586.